The van der Waals surface area contributed by atoms with Crippen LogP contribution in [0.1, 0.15) is 41.4 Å². The molecule has 0 aliphatic carbocycles. The van der Waals surface area contributed by atoms with Gasteiger partial charge in [-0.25, -0.2) is 9.48 Å². The van der Waals surface area contributed by atoms with Crippen LogP contribution in [0.5, 0.6) is 5.88 Å². The molecule has 5 nitrogen and oxygen atoms in total. The van der Waals surface area contributed by atoms with E-state index in [4.69, 9.17) is 4.74 Å². The van der Waals surface area contributed by atoms with Gasteiger partial charge < -0.3 is 9.84 Å². The van der Waals surface area contributed by atoms with Crippen molar-refractivity contribution in [2.24, 2.45) is 0 Å². The molecule has 0 amide bonds. The van der Waals surface area contributed by atoms with Crippen molar-refractivity contribution in [3.63, 3.8) is 0 Å². The first kappa shape index (κ1) is 14.1. The fourth-order valence-electron chi connectivity index (χ4n) is 2.15. The Kier molecular flexibility index (Phi) is 3.79. The highest BCUT2D eigenvalue weighted by Gasteiger charge is 2.26. The Hall–Kier alpha value is -2.30. The zero-order chi connectivity index (χ0) is 14.9. The summed E-state index contributed by atoms with van der Waals surface area (Å²) in [6.07, 6.45) is 0. The van der Waals surface area contributed by atoms with E-state index in [0.717, 1.165) is 11.3 Å². The van der Waals surface area contributed by atoms with Gasteiger partial charge in [-0.3, -0.25) is 0 Å². The number of carbonyl (C=O) groups is 1. The van der Waals surface area contributed by atoms with Crippen LogP contribution in [0.15, 0.2) is 24.3 Å². The molecule has 0 saturated heterocycles. The fourth-order valence-corrected chi connectivity index (χ4v) is 2.15. The second-order valence-electron chi connectivity index (χ2n) is 4.98. The lowest BCUT2D eigenvalue weighted by molar-refractivity contribution is 0.0691. The standard InChI is InChI=1S/C15H18N2O3/c1-9(2)13-12(15(18)19)14(20-4)17(16-13)11-7-5-6-10(3)8-11/h5-9H,1-4H3,(H,18,19). The molecule has 0 spiro atoms. The van der Waals surface area contributed by atoms with E-state index in [1.807, 2.05) is 45.0 Å². The van der Waals surface area contributed by atoms with E-state index >= 15 is 0 Å². The largest absolute Gasteiger partial charge is 0.480 e. The number of hydrogen-bond donors (Lipinski definition) is 1. The van der Waals surface area contributed by atoms with Gasteiger partial charge in [0.2, 0.25) is 5.88 Å². The topological polar surface area (TPSA) is 64.3 Å². The summed E-state index contributed by atoms with van der Waals surface area (Å²) in [4.78, 5) is 11.5. The van der Waals surface area contributed by atoms with E-state index in [-0.39, 0.29) is 17.4 Å². The van der Waals surface area contributed by atoms with Crippen molar-refractivity contribution in [1.29, 1.82) is 0 Å². The highest BCUT2D eigenvalue weighted by atomic mass is 16.5. The first-order valence-electron chi connectivity index (χ1n) is 6.43. The molecule has 1 aromatic carbocycles. The Morgan fingerprint density at radius 3 is 2.60 bits per heavy atom. The van der Waals surface area contributed by atoms with Gasteiger partial charge in [0, 0.05) is 0 Å². The predicted molar refractivity (Wildman–Crippen MR) is 75.9 cm³/mol. The van der Waals surface area contributed by atoms with Gasteiger partial charge in [0.25, 0.3) is 0 Å². The molecule has 2 rings (SSSR count). The van der Waals surface area contributed by atoms with Crippen molar-refractivity contribution >= 4 is 5.97 Å². The number of aromatic nitrogens is 2. The second kappa shape index (κ2) is 5.36. The molecule has 0 atom stereocenters. The Morgan fingerprint density at radius 1 is 1.40 bits per heavy atom. The maximum atomic E-state index is 11.5. The van der Waals surface area contributed by atoms with Gasteiger partial charge in [-0.05, 0) is 30.5 Å². The second-order valence-corrected chi connectivity index (χ2v) is 4.98. The molecule has 2 aromatic rings. The third kappa shape index (κ3) is 2.39. The zero-order valence-electron chi connectivity index (χ0n) is 12.0. The number of hydrogen-bond acceptors (Lipinski definition) is 3. The van der Waals surface area contributed by atoms with Crippen LogP contribution in [0.2, 0.25) is 0 Å². The molecule has 5 heteroatoms. The van der Waals surface area contributed by atoms with E-state index < -0.39 is 5.97 Å². The molecule has 0 aliphatic rings. The molecular formula is C15H18N2O3. The van der Waals surface area contributed by atoms with E-state index in [0.29, 0.717) is 5.69 Å². The van der Waals surface area contributed by atoms with E-state index in [9.17, 15) is 9.90 Å². The smallest absolute Gasteiger partial charge is 0.343 e. The number of rotatable bonds is 4. The molecule has 0 fully saturated rings. The Bertz CT molecular complexity index is 645. The summed E-state index contributed by atoms with van der Waals surface area (Å²) >= 11 is 0. The molecule has 0 unspecified atom stereocenters. The lowest BCUT2D eigenvalue weighted by Gasteiger charge is -2.07. The molecular weight excluding hydrogens is 256 g/mol. The SMILES string of the molecule is COc1c(C(=O)O)c(C(C)C)nn1-c1cccc(C)c1. The molecule has 106 valence electrons. The first-order chi connectivity index (χ1) is 9.45. The molecule has 1 aromatic heterocycles. The Morgan fingerprint density at radius 2 is 2.10 bits per heavy atom. The number of methoxy groups -OCH3 is 1. The summed E-state index contributed by atoms with van der Waals surface area (Å²) in [5.74, 6) is -0.766. The van der Waals surface area contributed by atoms with E-state index in [1.54, 1.807) is 4.68 Å². The van der Waals surface area contributed by atoms with Gasteiger partial charge >= 0.3 is 5.97 Å². The average molecular weight is 274 g/mol. The summed E-state index contributed by atoms with van der Waals surface area (Å²) in [5.41, 5.74) is 2.51. The maximum absolute atomic E-state index is 11.5. The third-order valence-electron chi connectivity index (χ3n) is 3.07. The number of ether oxygens (including phenoxy) is 1. The molecule has 1 heterocycles. The monoisotopic (exact) mass is 274 g/mol. The van der Waals surface area contributed by atoms with Crippen molar-refractivity contribution in [3.05, 3.63) is 41.1 Å². The minimum atomic E-state index is -1.02. The highest BCUT2D eigenvalue weighted by molar-refractivity contribution is 5.92. The number of benzene rings is 1. The van der Waals surface area contributed by atoms with Crippen LogP contribution in [0.25, 0.3) is 5.69 Å². The molecule has 0 bridgehead atoms. The molecule has 1 N–H and O–H groups in total. The minimum Gasteiger partial charge on any atom is -0.480 e. The number of aromatic carboxylic acids is 1. The third-order valence-corrected chi connectivity index (χ3v) is 3.07. The summed E-state index contributed by atoms with van der Waals surface area (Å²) in [7, 11) is 1.46. The number of carboxylic acid groups (broad SMARTS) is 1. The quantitative estimate of drug-likeness (QED) is 0.930. The normalized spacial score (nSPS) is 10.8. The van der Waals surface area contributed by atoms with E-state index in [2.05, 4.69) is 5.10 Å². The molecule has 0 aliphatic heterocycles. The first-order valence-corrected chi connectivity index (χ1v) is 6.43. The summed E-state index contributed by atoms with van der Waals surface area (Å²) in [6.45, 7) is 5.80. The number of nitrogens with zero attached hydrogens (tertiary/aromatic N) is 2. The summed E-state index contributed by atoms with van der Waals surface area (Å²) in [5, 5.41) is 13.8. The van der Waals surface area contributed by atoms with Crippen LogP contribution in [0, 0.1) is 6.92 Å². The van der Waals surface area contributed by atoms with Gasteiger partial charge in [-0.15, -0.1) is 0 Å². The summed E-state index contributed by atoms with van der Waals surface area (Å²) < 4.78 is 6.83. The fraction of sp³-hybridized carbons (Fsp3) is 0.333. The van der Waals surface area contributed by atoms with Crippen molar-refractivity contribution in [2.45, 2.75) is 26.7 Å². The van der Waals surface area contributed by atoms with Gasteiger partial charge in [-0.1, -0.05) is 26.0 Å². The molecule has 20 heavy (non-hydrogen) atoms. The van der Waals surface area contributed by atoms with Crippen LogP contribution >= 0.6 is 0 Å². The lowest BCUT2D eigenvalue weighted by Crippen LogP contribution is -2.04. The van der Waals surface area contributed by atoms with Crippen LogP contribution in [0.3, 0.4) is 0 Å². The zero-order valence-corrected chi connectivity index (χ0v) is 12.0. The van der Waals surface area contributed by atoms with Crippen molar-refractivity contribution in [1.82, 2.24) is 9.78 Å². The van der Waals surface area contributed by atoms with Crippen LogP contribution in [-0.2, 0) is 0 Å². The Labute approximate surface area is 117 Å². The van der Waals surface area contributed by atoms with Crippen molar-refractivity contribution < 1.29 is 14.6 Å². The molecule has 0 radical (unpaired) electrons. The van der Waals surface area contributed by atoms with Crippen LogP contribution < -0.4 is 4.74 Å². The maximum Gasteiger partial charge on any atom is 0.343 e. The lowest BCUT2D eigenvalue weighted by atomic mass is 10.1. The van der Waals surface area contributed by atoms with Crippen LogP contribution in [-0.4, -0.2) is 28.0 Å². The van der Waals surface area contributed by atoms with Gasteiger partial charge in [0.05, 0.1) is 18.5 Å². The summed E-state index contributed by atoms with van der Waals surface area (Å²) in [6, 6.07) is 7.69. The minimum absolute atomic E-state index is 0.000981. The highest BCUT2D eigenvalue weighted by Crippen LogP contribution is 2.30. The van der Waals surface area contributed by atoms with Crippen molar-refractivity contribution in [3.8, 4) is 11.6 Å². The number of aryl methyl sites for hydroxylation is 1. The van der Waals surface area contributed by atoms with Crippen LogP contribution in [0.4, 0.5) is 0 Å². The number of carboxylic acids is 1. The molecule has 0 saturated carbocycles. The average Bonchev–Trinajstić information content (AvgIpc) is 2.78. The Balaban J connectivity index is 2.71. The van der Waals surface area contributed by atoms with Gasteiger partial charge in [-0.2, -0.15) is 5.10 Å². The van der Waals surface area contributed by atoms with Gasteiger partial charge in [0.15, 0.2) is 0 Å². The predicted octanol–water partition coefficient (Wildman–Crippen LogP) is 3.01. The van der Waals surface area contributed by atoms with Gasteiger partial charge in [0.1, 0.15) is 5.56 Å². The van der Waals surface area contributed by atoms with Crippen molar-refractivity contribution in [2.75, 3.05) is 7.11 Å². The van der Waals surface area contributed by atoms with E-state index in [1.165, 1.54) is 7.11 Å².